The number of benzene rings is 3. The van der Waals surface area contributed by atoms with Crippen molar-refractivity contribution in [2.45, 2.75) is 25.2 Å². The predicted octanol–water partition coefficient (Wildman–Crippen LogP) is 5.13. The lowest BCUT2D eigenvalue weighted by Crippen LogP contribution is -2.36. The largest absolute Gasteiger partial charge is 0.493 e. The van der Waals surface area contributed by atoms with Crippen LogP contribution >= 0.6 is 0 Å². The monoisotopic (exact) mass is 411 g/mol. The summed E-state index contributed by atoms with van der Waals surface area (Å²) in [4.78, 5) is 15.3. The maximum absolute atomic E-state index is 13.0. The molecule has 31 heavy (non-hydrogen) atoms. The van der Waals surface area contributed by atoms with Crippen molar-refractivity contribution in [3.63, 3.8) is 0 Å². The third kappa shape index (κ3) is 3.79. The van der Waals surface area contributed by atoms with Crippen molar-refractivity contribution in [2.75, 3.05) is 26.2 Å². The Labute approximate surface area is 184 Å². The standard InChI is InChI=1S/C28H29NO2/c1-28(23-8-4-2-5-9-23,24-10-6-3-7-11-24)25-14-16-29(19-25)20-26(30)21-12-13-27-22(18-21)15-17-31-27/h2-13,18,25H,14-17,19-20H2,1H3/t25-/m1/s1. The first-order valence-electron chi connectivity index (χ1n) is 11.3. The molecular weight excluding hydrogens is 382 g/mol. The van der Waals surface area contributed by atoms with Crippen molar-refractivity contribution in [3.8, 4) is 5.75 Å². The molecule has 0 radical (unpaired) electrons. The fraction of sp³-hybridized carbons (Fsp3) is 0.321. The molecule has 3 nitrogen and oxygen atoms in total. The van der Waals surface area contributed by atoms with Crippen LogP contribution in [0.2, 0.25) is 0 Å². The normalized spacial score (nSPS) is 18.5. The Morgan fingerprint density at radius 2 is 1.68 bits per heavy atom. The molecule has 1 atom stereocenters. The van der Waals surface area contributed by atoms with Crippen molar-refractivity contribution < 1.29 is 9.53 Å². The van der Waals surface area contributed by atoms with Crippen molar-refractivity contribution in [1.82, 2.24) is 4.90 Å². The van der Waals surface area contributed by atoms with Gasteiger partial charge in [0.15, 0.2) is 5.78 Å². The van der Waals surface area contributed by atoms with Gasteiger partial charge in [-0.2, -0.15) is 0 Å². The Hall–Kier alpha value is -2.91. The van der Waals surface area contributed by atoms with Crippen LogP contribution in [-0.4, -0.2) is 36.9 Å². The molecule has 158 valence electrons. The smallest absolute Gasteiger partial charge is 0.176 e. The number of carbonyl (C=O) groups excluding carboxylic acids is 1. The molecule has 3 aromatic rings. The molecule has 0 aliphatic carbocycles. The van der Waals surface area contributed by atoms with E-state index in [1.165, 1.54) is 11.1 Å². The lowest BCUT2D eigenvalue weighted by molar-refractivity contribution is 0.0941. The molecular formula is C28H29NO2. The van der Waals surface area contributed by atoms with E-state index in [1.807, 2.05) is 18.2 Å². The van der Waals surface area contributed by atoms with E-state index in [4.69, 9.17) is 4.74 Å². The first kappa shape index (κ1) is 20.0. The average molecular weight is 412 g/mol. The molecule has 2 aliphatic heterocycles. The first-order chi connectivity index (χ1) is 15.1. The summed E-state index contributed by atoms with van der Waals surface area (Å²) in [5.41, 5.74) is 4.58. The summed E-state index contributed by atoms with van der Waals surface area (Å²) >= 11 is 0. The highest BCUT2D eigenvalue weighted by Gasteiger charge is 2.41. The Balaban J connectivity index is 1.35. The Kier molecular flexibility index (Phi) is 5.37. The molecule has 0 bridgehead atoms. The van der Waals surface area contributed by atoms with Gasteiger partial charge in [0.25, 0.3) is 0 Å². The second-order valence-electron chi connectivity index (χ2n) is 9.00. The first-order valence-corrected chi connectivity index (χ1v) is 11.3. The molecule has 1 saturated heterocycles. The van der Waals surface area contributed by atoms with Gasteiger partial charge in [-0.05, 0) is 53.8 Å². The molecule has 2 aliphatic rings. The summed E-state index contributed by atoms with van der Waals surface area (Å²) in [6.07, 6.45) is 1.99. The maximum atomic E-state index is 13.0. The number of fused-ring (bicyclic) bond motifs is 1. The topological polar surface area (TPSA) is 29.5 Å². The van der Waals surface area contributed by atoms with Crippen LogP contribution in [0.1, 0.15) is 40.4 Å². The van der Waals surface area contributed by atoms with Crippen LogP contribution in [0, 0.1) is 5.92 Å². The lowest BCUT2D eigenvalue weighted by atomic mass is 9.67. The predicted molar refractivity (Wildman–Crippen MR) is 124 cm³/mol. The van der Waals surface area contributed by atoms with Crippen LogP contribution in [0.5, 0.6) is 5.75 Å². The third-order valence-corrected chi connectivity index (χ3v) is 7.21. The zero-order chi connectivity index (χ0) is 21.3. The van der Waals surface area contributed by atoms with Gasteiger partial charge in [-0.3, -0.25) is 9.69 Å². The van der Waals surface area contributed by atoms with Gasteiger partial charge in [0.2, 0.25) is 0 Å². The SMILES string of the molecule is CC(c1ccccc1)(c1ccccc1)[C@@H]1CCN(CC(=O)c2ccc3c(c2)CCO3)C1. The van der Waals surface area contributed by atoms with Gasteiger partial charge < -0.3 is 4.74 Å². The van der Waals surface area contributed by atoms with E-state index >= 15 is 0 Å². The van der Waals surface area contributed by atoms with Gasteiger partial charge in [0.1, 0.15) is 5.75 Å². The number of carbonyl (C=O) groups is 1. The molecule has 0 amide bonds. The Morgan fingerprint density at radius 3 is 2.35 bits per heavy atom. The number of hydrogen-bond donors (Lipinski definition) is 0. The molecule has 0 spiro atoms. The number of hydrogen-bond acceptors (Lipinski definition) is 3. The van der Waals surface area contributed by atoms with E-state index in [2.05, 4.69) is 72.5 Å². The second kappa shape index (κ2) is 8.32. The molecule has 2 heterocycles. The van der Waals surface area contributed by atoms with Gasteiger partial charge in [0.05, 0.1) is 13.2 Å². The van der Waals surface area contributed by atoms with Crippen LogP contribution < -0.4 is 4.74 Å². The second-order valence-corrected chi connectivity index (χ2v) is 9.00. The van der Waals surface area contributed by atoms with Crippen molar-refractivity contribution in [2.24, 2.45) is 5.92 Å². The molecule has 1 fully saturated rings. The minimum atomic E-state index is -0.0781. The van der Waals surface area contributed by atoms with Crippen molar-refractivity contribution >= 4 is 5.78 Å². The Morgan fingerprint density at radius 1 is 1.00 bits per heavy atom. The lowest BCUT2D eigenvalue weighted by Gasteiger charge is -2.37. The summed E-state index contributed by atoms with van der Waals surface area (Å²) in [7, 11) is 0. The van der Waals surface area contributed by atoms with E-state index in [0.29, 0.717) is 12.5 Å². The Bertz CT molecular complexity index is 1020. The van der Waals surface area contributed by atoms with Crippen LogP contribution in [0.15, 0.2) is 78.9 Å². The fourth-order valence-electron chi connectivity index (χ4n) is 5.31. The van der Waals surface area contributed by atoms with E-state index in [9.17, 15) is 4.79 Å². The van der Waals surface area contributed by atoms with Gasteiger partial charge >= 0.3 is 0 Å². The van der Waals surface area contributed by atoms with Gasteiger partial charge in [-0.25, -0.2) is 0 Å². The summed E-state index contributed by atoms with van der Waals surface area (Å²) in [6, 6.07) is 27.5. The molecule has 0 N–H and O–H groups in total. The van der Waals surface area contributed by atoms with Crippen LogP contribution in [0.25, 0.3) is 0 Å². The molecule has 0 unspecified atom stereocenters. The minimum absolute atomic E-state index is 0.0781. The fourth-order valence-corrected chi connectivity index (χ4v) is 5.31. The number of ketones is 1. The quantitative estimate of drug-likeness (QED) is 0.527. The number of Topliss-reactive ketones (excluding diaryl/α,β-unsaturated/α-hetero) is 1. The van der Waals surface area contributed by atoms with E-state index in [-0.39, 0.29) is 11.2 Å². The average Bonchev–Trinajstić information content (AvgIpc) is 3.49. The molecule has 5 rings (SSSR count). The molecule has 0 saturated carbocycles. The van der Waals surface area contributed by atoms with Crippen LogP contribution in [0.4, 0.5) is 0 Å². The summed E-state index contributed by atoms with van der Waals surface area (Å²) < 4.78 is 5.58. The molecule has 3 aromatic carbocycles. The maximum Gasteiger partial charge on any atom is 0.176 e. The zero-order valence-corrected chi connectivity index (χ0v) is 18.1. The molecule has 3 heteroatoms. The number of ether oxygens (including phenoxy) is 1. The van der Waals surface area contributed by atoms with Gasteiger partial charge in [-0.1, -0.05) is 67.6 Å². The summed E-state index contributed by atoms with van der Waals surface area (Å²) in [5.74, 6) is 1.59. The highest BCUT2D eigenvalue weighted by Crippen LogP contribution is 2.43. The highest BCUT2D eigenvalue weighted by molar-refractivity contribution is 5.98. The van der Waals surface area contributed by atoms with Crippen molar-refractivity contribution in [3.05, 3.63) is 101 Å². The summed E-state index contributed by atoms with van der Waals surface area (Å²) in [5, 5.41) is 0. The zero-order valence-electron chi connectivity index (χ0n) is 18.1. The van der Waals surface area contributed by atoms with Crippen molar-refractivity contribution in [1.29, 1.82) is 0 Å². The third-order valence-electron chi connectivity index (χ3n) is 7.21. The minimum Gasteiger partial charge on any atom is -0.493 e. The van der Waals surface area contributed by atoms with Crippen LogP contribution in [-0.2, 0) is 11.8 Å². The number of rotatable bonds is 6. The summed E-state index contributed by atoms with van der Waals surface area (Å²) in [6.45, 7) is 5.46. The molecule has 0 aromatic heterocycles. The van der Waals surface area contributed by atoms with E-state index in [0.717, 1.165) is 49.4 Å². The van der Waals surface area contributed by atoms with Crippen LogP contribution in [0.3, 0.4) is 0 Å². The van der Waals surface area contributed by atoms with Gasteiger partial charge in [-0.15, -0.1) is 0 Å². The number of nitrogens with zero attached hydrogens (tertiary/aromatic N) is 1. The van der Waals surface area contributed by atoms with E-state index in [1.54, 1.807) is 0 Å². The highest BCUT2D eigenvalue weighted by atomic mass is 16.5. The number of likely N-dealkylation sites (tertiary alicyclic amines) is 1. The van der Waals surface area contributed by atoms with Gasteiger partial charge in [0, 0.05) is 23.9 Å². The van der Waals surface area contributed by atoms with E-state index < -0.39 is 0 Å².